The van der Waals surface area contributed by atoms with Gasteiger partial charge >= 0.3 is 0 Å². The Balaban J connectivity index is 1.24. The minimum absolute atomic E-state index is 0.0235. The summed E-state index contributed by atoms with van der Waals surface area (Å²) < 4.78 is 7.46. The van der Waals surface area contributed by atoms with Crippen LogP contribution in [0.5, 0.6) is 0 Å². The molecule has 2 aromatic heterocycles. The normalized spacial score (nSPS) is 13.9. The maximum Gasteiger partial charge on any atom is 0.255 e. The number of hydrogen-bond donors (Lipinski definition) is 0. The summed E-state index contributed by atoms with van der Waals surface area (Å²) in [5, 5.41) is 0. The quantitative estimate of drug-likeness (QED) is 0.364. The standard InChI is InChI=1S/C27H28N4O2S/c1-29(18-21-9-11-23(12-10-21)30-14-16-33-17-15-30)27(32)24-6-2-3-7-25(24)34-20-22-19-31-13-5-4-8-26(31)28-22/h2-13,19H,14-18,20H2,1H3. The Morgan fingerprint density at radius 3 is 2.59 bits per heavy atom. The van der Waals surface area contributed by atoms with E-state index in [0.29, 0.717) is 12.3 Å². The monoisotopic (exact) mass is 472 g/mol. The first-order valence-electron chi connectivity index (χ1n) is 11.5. The van der Waals surface area contributed by atoms with Gasteiger partial charge in [-0.25, -0.2) is 4.98 Å². The predicted molar refractivity (Wildman–Crippen MR) is 136 cm³/mol. The van der Waals surface area contributed by atoms with Crippen molar-refractivity contribution in [3.8, 4) is 0 Å². The molecule has 5 rings (SSSR count). The third-order valence-corrected chi connectivity index (χ3v) is 7.09. The van der Waals surface area contributed by atoms with Gasteiger partial charge < -0.3 is 18.9 Å². The number of benzene rings is 2. The fourth-order valence-corrected chi connectivity index (χ4v) is 5.09. The number of carbonyl (C=O) groups excluding carboxylic acids is 1. The summed E-state index contributed by atoms with van der Waals surface area (Å²) in [4.78, 5) is 23.1. The molecule has 6 nitrogen and oxygen atoms in total. The molecule has 1 aliphatic heterocycles. The van der Waals surface area contributed by atoms with E-state index in [1.165, 1.54) is 5.69 Å². The number of hydrogen-bond acceptors (Lipinski definition) is 5. The average Bonchev–Trinajstić information content (AvgIpc) is 3.31. The Morgan fingerprint density at radius 1 is 1.03 bits per heavy atom. The van der Waals surface area contributed by atoms with Gasteiger partial charge in [-0.2, -0.15) is 0 Å². The molecule has 174 valence electrons. The maximum atomic E-state index is 13.3. The van der Waals surface area contributed by atoms with Gasteiger partial charge in [0.15, 0.2) is 0 Å². The SMILES string of the molecule is CN(Cc1ccc(N2CCOCC2)cc1)C(=O)c1ccccc1SCc1cn2ccccc2n1. The second kappa shape index (κ2) is 10.3. The molecule has 34 heavy (non-hydrogen) atoms. The van der Waals surface area contributed by atoms with Crippen molar-refractivity contribution in [2.75, 3.05) is 38.3 Å². The molecule has 0 spiro atoms. The van der Waals surface area contributed by atoms with Crippen LogP contribution in [0.4, 0.5) is 5.69 Å². The van der Waals surface area contributed by atoms with Crippen molar-refractivity contribution in [2.45, 2.75) is 17.2 Å². The average molecular weight is 473 g/mol. The number of nitrogens with zero attached hydrogens (tertiary/aromatic N) is 4. The molecule has 0 saturated carbocycles. The van der Waals surface area contributed by atoms with Gasteiger partial charge in [0.05, 0.1) is 24.5 Å². The summed E-state index contributed by atoms with van der Waals surface area (Å²) in [6, 6.07) is 22.3. The van der Waals surface area contributed by atoms with Crippen LogP contribution in [0.25, 0.3) is 5.65 Å². The number of amides is 1. The molecule has 7 heteroatoms. The van der Waals surface area contributed by atoms with Gasteiger partial charge in [-0.05, 0) is 42.0 Å². The van der Waals surface area contributed by atoms with E-state index >= 15 is 0 Å². The summed E-state index contributed by atoms with van der Waals surface area (Å²) >= 11 is 1.65. The summed E-state index contributed by atoms with van der Waals surface area (Å²) in [6.45, 7) is 3.94. The Labute approximate surface area is 204 Å². The van der Waals surface area contributed by atoms with Crippen LogP contribution in [-0.2, 0) is 17.0 Å². The van der Waals surface area contributed by atoms with Gasteiger partial charge in [-0.1, -0.05) is 30.3 Å². The van der Waals surface area contributed by atoms with Gasteiger partial charge in [-0.15, -0.1) is 11.8 Å². The van der Waals surface area contributed by atoms with Crippen molar-refractivity contribution in [3.05, 3.63) is 95.9 Å². The lowest BCUT2D eigenvalue weighted by atomic mass is 10.1. The number of morpholine rings is 1. The van der Waals surface area contributed by atoms with E-state index in [1.807, 2.05) is 66.3 Å². The van der Waals surface area contributed by atoms with Crippen molar-refractivity contribution < 1.29 is 9.53 Å². The van der Waals surface area contributed by atoms with Gasteiger partial charge in [0.2, 0.25) is 0 Å². The number of imidazole rings is 1. The predicted octanol–water partition coefficient (Wildman–Crippen LogP) is 4.74. The minimum Gasteiger partial charge on any atom is -0.378 e. The molecule has 0 aliphatic carbocycles. The van der Waals surface area contributed by atoms with E-state index in [1.54, 1.807) is 16.7 Å². The molecular formula is C27H28N4O2S. The number of carbonyl (C=O) groups is 1. The molecule has 0 unspecified atom stereocenters. The molecule has 1 aliphatic rings. The fraction of sp³-hybridized carbons (Fsp3) is 0.259. The summed E-state index contributed by atoms with van der Waals surface area (Å²) in [7, 11) is 1.86. The summed E-state index contributed by atoms with van der Waals surface area (Å²) in [5.41, 5.74) is 4.97. The van der Waals surface area contributed by atoms with Crippen LogP contribution in [0, 0.1) is 0 Å². The lowest BCUT2D eigenvalue weighted by Gasteiger charge is -2.29. The largest absolute Gasteiger partial charge is 0.378 e. The molecule has 0 radical (unpaired) electrons. The Morgan fingerprint density at radius 2 is 1.79 bits per heavy atom. The zero-order chi connectivity index (χ0) is 23.3. The van der Waals surface area contributed by atoms with Gasteiger partial charge in [-0.3, -0.25) is 4.79 Å². The van der Waals surface area contributed by atoms with Crippen LogP contribution in [0.1, 0.15) is 21.6 Å². The number of aromatic nitrogens is 2. The highest BCUT2D eigenvalue weighted by atomic mass is 32.2. The second-order valence-electron chi connectivity index (χ2n) is 8.41. The van der Waals surface area contributed by atoms with Crippen molar-refractivity contribution in [3.63, 3.8) is 0 Å². The molecular weight excluding hydrogens is 444 g/mol. The Kier molecular flexibility index (Phi) is 6.83. The maximum absolute atomic E-state index is 13.3. The Hall–Kier alpha value is -3.29. The van der Waals surface area contributed by atoms with Crippen LogP contribution in [0.15, 0.2) is 84.0 Å². The third-order valence-electron chi connectivity index (χ3n) is 5.99. The van der Waals surface area contributed by atoms with Crippen molar-refractivity contribution >= 4 is 29.0 Å². The van der Waals surface area contributed by atoms with E-state index in [0.717, 1.165) is 53.7 Å². The molecule has 0 atom stereocenters. The highest BCUT2D eigenvalue weighted by molar-refractivity contribution is 7.98. The molecule has 0 bridgehead atoms. The van der Waals surface area contributed by atoms with E-state index in [-0.39, 0.29) is 5.91 Å². The zero-order valence-corrected chi connectivity index (χ0v) is 20.1. The van der Waals surface area contributed by atoms with E-state index in [2.05, 4.69) is 34.1 Å². The first kappa shape index (κ1) is 22.5. The van der Waals surface area contributed by atoms with Crippen molar-refractivity contribution in [1.29, 1.82) is 0 Å². The number of ether oxygens (including phenoxy) is 1. The molecule has 2 aromatic carbocycles. The zero-order valence-electron chi connectivity index (χ0n) is 19.3. The van der Waals surface area contributed by atoms with E-state index < -0.39 is 0 Å². The minimum atomic E-state index is 0.0235. The highest BCUT2D eigenvalue weighted by Crippen LogP contribution is 2.27. The lowest BCUT2D eigenvalue weighted by molar-refractivity contribution is 0.0781. The number of pyridine rings is 1. The van der Waals surface area contributed by atoms with E-state index in [9.17, 15) is 4.79 Å². The van der Waals surface area contributed by atoms with Gasteiger partial charge in [0, 0.05) is 55.4 Å². The number of anilines is 1. The summed E-state index contributed by atoms with van der Waals surface area (Å²) in [5.74, 6) is 0.731. The molecule has 0 N–H and O–H groups in total. The van der Waals surface area contributed by atoms with Crippen LogP contribution < -0.4 is 4.90 Å². The highest BCUT2D eigenvalue weighted by Gasteiger charge is 2.17. The molecule has 3 heterocycles. The smallest absolute Gasteiger partial charge is 0.255 e. The van der Waals surface area contributed by atoms with Gasteiger partial charge in [0.25, 0.3) is 5.91 Å². The van der Waals surface area contributed by atoms with Crippen LogP contribution in [0.2, 0.25) is 0 Å². The number of thioether (sulfide) groups is 1. The first-order chi connectivity index (χ1) is 16.7. The van der Waals surface area contributed by atoms with Crippen LogP contribution in [0.3, 0.4) is 0 Å². The van der Waals surface area contributed by atoms with Crippen LogP contribution >= 0.6 is 11.8 Å². The lowest BCUT2D eigenvalue weighted by Crippen LogP contribution is -2.36. The van der Waals surface area contributed by atoms with Gasteiger partial charge in [0.1, 0.15) is 5.65 Å². The van der Waals surface area contributed by atoms with Crippen molar-refractivity contribution in [2.24, 2.45) is 0 Å². The topological polar surface area (TPSA) is 50.1 Å². The number of fused-ring (bicyclic) bond motifs is 1. The van der Waals surface area contributed by atoms with Crippen LogP contribution in [-0.4, -0.2) is 53.5 Å². The fourth-order valence-electron chi connectivity index (χ4n) is 4.16. The summed E-state index contributed by atoms with van der Waals surface area (Å²) in [6.07, 6.45) is 4.04. The molecule has 4 aromatic rings. The molecule has 1 fully saturated rings. The second-order valence-corrected chi connectivity index (χ2v) is 9.43. The van der Waals surface area contributed by atoms with Crippen molar-refractivity contribution in [1.82, 2.24) is 14.3 Å². The third kappa shape index (κ3) is 5.11. The first-order valence-corrected chi connectivity index (χ1v) is 12.5. The molecule has 1 saturated heterocycles. The number of rotatable bonds is 7. The molecule has 1 amide bonds. The van der Waals surface area contributed by atoms with E-state index in [4.69, 9.17) is 4.74 Å². The Bertz CT molecular complexity index is 1230.